The van der Waals surface area contributed by atoms with Crippen LogP contribution in [0.3, 0.4) is 0 Å². The number of hydrogen-bond donors (Lipinski definition) is 1. The monoisotopic (exact) mass is 420 g/mol. The van der Waals surface area contributed by atoms with Crippen molar-refractivity contribution < 1.29 is 18.3 Å². The second-order valence-electron chi connectivity index (χ2n) is 7.72. The molecule has 1 aromatic carbocycles. The highest BCUT2D eigenvalue weighted by Crippen LogP contribution is 2.25. The van der Waals surface area contributed by atoms with Gasteiger partial charge >= 0.3 is 5.92 Å². The standard InChI is InChI=1S/C20H26F2N6O2/c1-6-16(18(12(2)3)24-19(29)20(4,21)22)30-14-7-8-15-13(9-14)10-23-28(15)17-11-27(5)26-25-17/h7-12,16,18H,6H2,1-5H3,(H,24,29)/t16-,18+/m1/s1. The van der Waals surface area contributed by atoms with Crippen molar-refractivity contribution in [1.29, 1.82) is 0 Å². The van der Waals surface area contributed by atoms with E-state index in [4.69, 9.17) is 4.74 Å². The van der Waals surface area contributed by atoms with Gasteiger partial charge in [0.25, 0.3) is 5.91 Å². The van der Waals surface area contributed by atoms with Crippen molar-refractivity contribution in [3.05, 3.63) is 30.6 Å². The maximum absolute atomic E-state index is 13.4. The van der Waals surface area contributed by atoms with Crippen molar-refractivity contribution in [3.63, 3.8) is 0 Å². The molecule has 3 aromatic rings. The zero-order chi connectivity index (χ0) is 22.1. The number of carbonyl (C=O) groups excluding carboxylic acids is 1. The smallest absolute Gasteiger partial charge is 0.321 e. The first-order valence-corrected chi connectivity index (χ1v) is 9.80. The fraction of sp³-hybridized carbons (Fsp3) is 0.500. The molecule has 0 bridgehead atoms. The van der Waals surface area contributed by atoms with Crippen molar-refractivity contribution >= 4 is 16.8 Å². The highest BCUT2D eigenvalue weighted by Gasteiger charge is 2.36. The highest BCUT2D eigenvalue weighted by molar-refractivity contribution is 5.83. The number of aryl methyl sites for hydroxylation is 1. The average Bonchev–Trinajstić information content (AvgIpc) is 3.28. The van der Waals surface area contributed by atoms with Gasteiger partial charge in [-0.25, -0.2) is 4.68 Å². The summed E-state index contributed by atoms with van der Waals surface area (Å²) in [5, 5.41) is 15.6. The molecule has 2 aromatic heterocycles. The number of benzene rings is 1. The molecule has 0 aliphatic rings. The van der Waals surface area contributed by atoms with E-state index in [1.807, 2.05) is 32.9 Å². The molecular formula is C20H26F2N6O2. The van der Waals surface area contributed by atoms with E-state index >= 15 is 0 Å². The van der Waals surface area contributed by atoms with E-state index < -0.39 is 24.0 Å². The highest BCUT2D eigenvalue weighted by atomic mass is 19.3. The van der Waals surface area contributed by atoms with Crippen LogP contribution in [0.4, 0.5) is 8.78 Å². The molecule has 0 radical (unpaired) electrons. The predicted molar refractivity (Wildman–Crippen MR) is 108 cm³/mol. The molecule has 10 heteroatoms. The van der Waals surface area contributed by atoms with Crippen LogP contribution in [-0.2, 0) is 11.8 Å². The molecule has 30 heavy (non-hydrogen) atoms. The molecule has 0 saturated heterocycles. The SMILES string of the molecule is CC[C@@H](Oc1ccc2c(cnn2-c2cn(C)nn2)c1)[C@@H](NC(=O)C(C)(F)F)C(C)C. The van der Waals surface area contributed by atoms with E-state index in [1.54, 1.807) is 34.9 Å². The lowest BCUT2D eigenvalue weighted by molar-refractivity contribution is -0.145. The van der Waals surface area contributed by atoms with Crippen LogP contribution in [0.5, 0.6) is 5.75 Å². The molecule has 1 N–H and O–H groups in total. The van der Waals surface area contributed by atoms with Gasteiger partial charge in [-0.2, -0.15) is 13.9 Å². The Morgan fingerprint density at radius 1 is 1.33 bits per heavy atom. The number of fused-ring (bicyclic) bond motifs is 1. The Balaban J connectivity index is 1.83. The van der Waals surface area contributed by atoms with Gasteiger partial charge in [0.2, 0.25) is 0 Å². The maximum atomic E-state index is 13.4. The molecule has 2 heterocycles. The number of rotatable bonds is 8. The molecule has 0 aliphatic heterocycles. The molecule has 162 valence electrons. The molecule has 0 aliphatic carbocycles. The van der Waals surface area contributed by atoms with Crippen LogP contribution in [-0.4, -0.2) is 48.7 Å². The predicted octanol–water partition coefficient (Wildman–Crippen LogP) is 3.11. The van der Waals surface area contributed by atoms with Crippen molar-refractivity contribution in [3.8, 4) is 11.6 Å². The lowest BCUT2D eigenvalue weighted by Gasteiger charge is -2.31. The number of halogens is 2. The normalized spacial score (nSPS) is 14.1. The van der Waals surface area contributed by atoms with Crippen LogP contribution in [0.1, 0.15) is 34.1 Å². The van der Waals surface area contributed by atoms with Crippen LogP contribution in [0.15, 0.2) is 30.6 Å². The topological polar surface area (TPSA) is 86.9 Å². The summed E-state index contributed by atoms with van der Waals surface area (Å²) < 4.78 is 36.1. The van der Waals surface area contributed by atoms with Crippen LogP contribution < -0.4 is 10.1 Å². The Kier molecular flexibility index (Phi) is 6.04. The zero-order valence-electron chi connectivity index (χ0n) is 17.6. The van der Waals surface area contributed by atoms with E-state index in [1.165, 1.54) is 0 Å². The summed E-state index contributed by atoms with van der Waals surface area (Å²) in [5.41, 5.74) is 0.829. The van der Waals surface area contributed by atoms with Crippen molar-refractivity contribution in [1.82, 2.24) is 30.1 Å². The lowest BCUT2D eigenvalue weighted by atomic mass is 9.96. The van der Waals surface area contributed by atoms with Gasteiger partial charge in [0.15, 0.2) is 5.82 Å². The lowest BCUT2D eigenvalue weighted by Crippen LogP contribution is -2.52. The molecule has 3 rings (SSSR count). The summed E-state index contributed by atoms with van der Waals surface area (Å²) in [5.74, 6) is -3.68. The fourth-order valence-electron chi connectivity index (χ4n) is 3.25. The van der Waals surface area contributed by atoms with Gasteiger partial charge in [-0.05, 0) is 30.5 Å². The number of amides is 1. The largest absolute Gasteiger partial charge is 0.488 e. The number of alkyl halides is 2. The number of hydrogen-bond acceptors (Lipinski definition) is 5. The minimum Gasteiger partial charge on any atom is -0.488 e. The second-order valence-corrected chi connectivity index (χ2v) is 7.72. The quantitative estimate of drug-likeness (QED) is 0.605. The first kappa shape index (κ1) is 21.7. The number of ether oxygens (including phenoxy) is 1. The number of nitrogens with zero attached hydrogens (tertiary/aromatic N) is 5. The third-order valence-electron chi connectivity index (χ3n) is 4.85. The summed E-state index contributed by atoms with van der Waals surface area (Å²) in [7, 11) is 1.78. The molecule has 0 fully saturated rings. The minimum atomic E-state index is -3.45. The van der Waals surface area contributed by atoms with Gasteiger partial charge in [-0.15, -0.1) is 5.10 Å². The summed E-state index contributed by atoms with van der Waals surface area (Å²) in [6, 6.07) is 4.90. The minimum absolute atomic E-state index is 0.0932. The van der Waals surface area contributed by atoms with E-state index in [2.05, 4.69) is 20.7 Å². The van der Waals surface area contributed by atoms with Crippen molar-refractivity contribution in [2.24, 2.45) is 13.0 Å². The first-order chi connectivity index (χ1) is 14.1. The number of carbonyl (C=O) groups is 1. The zero-order valence-corrected chi connectivity index (χ0v) is 17.6. The molecule has 0 saturated carbocycles. The number of aromatic nitrogens is 5. The fourth-order valence-corrected chi connectivity index (χ4v) is 3.25. The molecular weight excluding hydrogens is 394 g/mol. The summed E-state index contributed by atoms with van der Waals surface area (Å²) in [4.78, 5) is 11.8. The van der Waals surface area contributed by atoms with Gasteiger partial charge in [-0.1, -0.05) is 26.0 Å². The Morgan fingerprint density at radius 3 is 2.63 bits per heavy atom. The Morgan fingerprint density at radius 2 is 2.07 bits per heavy atom. The molecule has 8 nitrogen and oxygen atoms in total. The summed E-state index contributed by atoms with van der Waals surface area (Å²) >= 11 is 0. The Bertz CT molecular complexity index is 1020. The molecule has 0 spiro atoms. The van der Waals surface area contributed by atoms with E-state index in [9.17, 15) is 13.6 Å². The van der Waals surface area contributed by atoms with E-state index in [-0.39, 0.29) is 5.92 Å². The Labute approximate surface area is 173 Å². The van der Waals surface area contributed by atoms with Gasteiger partial charge in [0, 0.05) is 19.4 Å². The maximum Gasteiger partial charge on any atom is 0.321 e. The molecule has 2 atom stereocenters. The van der Waals surface area contributed by atoms with Crippen LogP contribution >= 0.6 is 0 Å². The molecule has 1 amide bonds. The van der Waals surface area contributed by atoms with E-state index in [0.29, 0.717) is 24.9 Å². The van der Waals surface area contributed by atoms with Gasteiger partial charge in [0.1, 0.15) is 11.9 Å². The van der Waals surface area contributed by atoms with Crippen LogP contribution in [0, 0.1) is 5.92 Å². The molecule has 0 unspecified atom stereocenters. The first-order valence-electron chi connectivity index (χ1n) is 9.80. The third kappa shape index (κ3) is 4.58. The van der Waals surface area contributed by atoms with E-state index in [0.717, 1.165) is 10.9 Å². The average molecular weight is 420 g/mol. The van der Waals surface area contributed by atoms with Crippen molar-refractivity contribution in [2.45, 2.75) is 52.2 Å². The number of nitrogens with one attached hydrogen (secondary N) is 1. The summed E-state index contributed by atoms with van der Waals surface area (Å²) in [6.07, 6.45) is 3.51. The van der Waals surface area contributed by atoms with Gasteiger partial charge in [0.05, 0.1) is 24.0 Å². The van der Waals surface area contributed by atoms with Crippen molar-refractivity contribution in [2.75, 3.05) is 0 Å². The van der Waals surface area contributed by atoms with Gasteiger partial charge in [-0.3, -0.25) is 9.48 Å². The Hall–Kier alpha value is -3.04. The van der Waals surface area contributed by atoms with Crippen LogP contribution in [0.2, 0.25) is 0 Å². The third-order valence-corrected chi connectivity index (χ3v) is 4.85. The second kappa shape index (κ2) is 8.37. The summed E-state index contributed by atoms with van der Waals surface area (Å²) in [6.45, 7) is 6.20. The van der Waals surface area contributed by atoms with Gasteiger partial charge < -0.3 is 10.1 Å². The van der Waals surface area contributed by atoms with Crippen LogP contribution in [0.25, 0.3) is 16.7 Å².